The zero-order valence-corrected chi connectivity index (χ0v) is 19.9. The lowest BCUT2D eigenvalue weighted by atomic mass is 10.00. The number of rotatable bonds is 5. The van der Waals surface area contributed by atoms with Crippen molar-refractivity contribution in [2.75, 3.05) is 31.6 Å². The molecule has 2 saturated heterocycles. The number of carbonyl (C=O) groups is 3. The molecule has 3 aliphatic heterocycles. The zero-order valence-electron chi connectivity index (χ0n) is 19.9. The lowest BCUT2D eigenvalue weighted by Crippen LogP contribution is -2.43. The number of nitrogens with zero attached hydrogens (tertiary/aromatic N) is 1. The number of halogens is 1. The Morgan fingerprint density at radius 3 is 2.77 bits per heavy atom. The van der Waals surface area contributed by atoms with E-state index in [1.165, 1.54) is 18.2 Å². The minimum Gasteiger partial charge on any atom is -0.381 e. The van der Waals surface area contributed by atoms with Crippen molar-refractivity contribution < 1.29 is 23.5 Å². The van der Waals surface area contributed by atoms with E-state index < -0.39 is 11.9 Å². The Hall–Kier alpha value is -3.46. The van der Waals surface area contributed by atoms with Crippen LogP contribution >= 0.6 is 0 Å². The Bertz CT molecular complexity index is 1230. The number of hydrogen-bond acceptors (Lipinski definition) is 4. The van der Waals surface area contributed by atoms with E-state index in [-0.39, 0.29) is 17.7 Å². The lowest BCUT2D eigenvalue weighted by Gasteiger charge is -2.27. The van der Waals surface area contributed by atoms with Crippen LogP contribution < -0.4 is 10.6 Å². The van der Waals surface area contributed by atoms with Crippen LogP contribution in [0.15, 0.2) is 18.2 Å². The summed E-state index contributed by atoms with van der Waals surface area (Å²) in [5, 5.41) is 5.64. The zero-order chi connectivity index (χ0) is 24.7. The molecule has 0 radical (unpaired) electrons. The van der Waals surface area contributed by atoms with Crippen LogP contribution in [0.1, 0.15) is 52.1 Å². The van der Waals surface area contributed by atoms with Crippen LogP contribution in [0, 0.1) is 25.6 Å². The number of hydrogen-bond donors (Lipinski definition) is 3. The third-order valence-electron chi connectivity index (χ3n) is 7.18. The number of aromatic amines is 1. The number of aromatic nitrogens is 1. The predicted octanol–water partition coefficient (Wildman–Crippen LogP) is 3.02. The average molecular weight is 481 g/mol. The van der Waals surface area contributed by atoms with Crippen molar-refractivity contribution in [3.05, 3.63) is 52.1 Å². The standard InChI is InChI=1S/C26H29FN4O4/c1-14-22(12-19-18-11-17(27)3-4-20(18)29-24(19)32)28-15(2)23(14)25(33)30-21-5-8-31(26(21)34)13-16-6-9-35-10-7-16/h3-4,11-12,16,21,28H,5-10,13H2,1-2H3,(H,29,32)(H,30,33)/t21-/m0/s1. The number of likely N-dealkylation sites (tertiary alicyclic amines) is 1. The van der Waals surface area contributed by atoms with Gasteiger partial charge in [0, 0.05) is 48.9 Å². The number of nitrogens with one attached hydrogen (secondary N) is 3. The summed E-state index contributed by atoms with van der Waals surface area (Å²) in [6, 6.07) is 3.59. The molecule has 3 N–H and O–H groups in total. The van der Waals surface area contributed by atoms with Gasteiger partial charge in [0.25, 0.3) is 11.8 Å². The molecule has 0 unspecified atom stereocenters. The van der Waals surface area contributed by atoms with E-state index >= 15 is 0 Å². The van der Waals surface area contributed by atoms with Gasteiger partial charge in [0.15, 0.2) is 0 Å². The van der Waals surface area contributed by atoms with Crippen LogP contribution in [0.5, 0.6) is 0 Å². The number of carbonyl (C=O) groups excluding carboxylic acids is 3. The Labute approximate surface area is 202 Å². The number of amides is 3. The molecule has 4 heterocycles. The molecule has 0 spiro atoms. The minimum absolute atomic E-state index is 0.0423. The first-order valence-corrected chi connectivity index (χ1v) is 12.0. The second-order valence-corrected chi connectivity index (χ2v) is 9.52. The van der Waals surface area contributed by atoms with Crippen molar-refractivity contribution in [2.45, 2.75) is 39.2 Å². The number of ether oxygens (including phenoxy) is 1. The maximum absolute atomic E-state index is 13.8. The van der Waals surface area contributed by atoms with E-state index in [4.69, 9.17) is 4.74 Å². The van der Waals surface area contributed by atoms with Crippen LogP contribution in [-0.4, -0.2) is 60.0 Å². The number of H-pyrrole nitrogens is 1. The molecular formula is C26H29FN4O4. The number of fused-ring (bicyclic) bond motifs is 1. The molecule has 1 atom stereocenters. The summed E-state index contributed by atoms with van der Waals surface area (Å²) in [6.45, 7) is 6.38. The fourth-order valence-corrected chi connectivity index (χ4v) is 5.23. The first-order valence-electron chi connectivity index (χ1n) is 12.0. The highest BCUT2D eigenvalue weighted by Gasteiger charge is 2.35. The van der Waals surface area contributed by atoms with E-state index in [0.29, 0.717) is 64.8 Å². The third kappa shape index (κ3) is 4.48. The highest BCUT2D eigenvalue weighted by atomic mass is 19.1. The van der Waals surface area contributed by atoms with Gasteiger partial charge in [-0.3, -0.25) is 14.4 Å². The highest BCUT2D eigenvalue weighted by Crippen LogP contribution is 2.34. The van der Waals surface area contributed by atoms with Gasteiger partial charge in [-0.05, 0) is 68.9 Å². The SMILES string of the molecule is Cc1[nH]c(C=C2C(=O)Nc3ccc(F)cc32)c(C)c1C(=O)N[C@H]1CCN(CC2CCOCC2)C1=O. The van der Waals surface area contributed by atoms with Gasteiger partial charge < -0.3 is 25.3 Å². The highest BCUT2D eigenvalue weighted by molar-refractivity contribution is 6.34. The molecule has 2 fully saturated rings. The molecule has 0 aliphatic carbocycles. The second kappa shape index (κ2) is 9.30. The van der Waals surface area contributed by atoms with Crippen molar-refractivity contribution in [2.24, 2.45) is 5.92 Å². The van der Waals surface area contributed by atoms with Crippen molar-refractivity contribution in [1.82, 2.24) is 15.2 Å². The van der Waals surface area contributed by atoms with Gasteiger partial charge in [0.1, 0.15) is 11.9 Å². The smallest absolute Gasteiger partial charge is 0.256 e. The molecule has 2 aromatic rings. The Kier molecular flexibility index (Phi) is 6.19. The topological polar surface area (TPSA) is 104 Å². The fourth-order valence-electron chi connectivity index (χ4n) is 5.23. The van der Waals surface area contributed by atoms with Gasteiger partial charge in [0.05, 0.1) is 11.1 Å². The molecule has 3 aliphatic rings. The molecule has 35 heavy (non-hydrogen) atoms. The van der Waals surface area contributed by atoms with E-state index in [1.807, 2.05) is 4.90 Å². The summed E-state index contributed by atoms with van der Waals surface area (Å²) in [5.41, 5.74) is 3.69. The molecule has 1 aromatic heterocycles. The second-order valence-electron chi connectivity index (χ2n) is 9.52. The monoisotopic (exact) mass is 480 g/mol. The Balaban J connectivity index is 1.31. The summed E-state index contributed by atoms with van der Waals surface area (Å²) < 4.78 is 19.2. The van der Waals surface area contributed by atoms with Crippen molar-refractivity contribution in [3.8, 4) is 0 Å². The van der Waals surface area contributed by atoms with Crippen LogP contribution in [0.25, 0.3) is 11.6 Å². The summed E-state index contributed by atoms with van der Waals surface area (Å²) in [7, 11) is 0. The van der Waals surface area contributed by atoms with Crippen molar-refractivity contribution in [1.29, 1.82) is 0 Å². The Morgan fingerprint density at radius 2 is 2.00 bits per heavy atom. The molecule has 1 aromatic carbocycles. The number of benzene rings is 1. The summed E-state index contributed by atoms with van der Waals surface area (Å²) in [4.78, 5) is 43.6. The van der Waals surface area contributed by atoms with Crippen molar-refractivity contribution >= 4 is 35.1 Å². The van der Waals surface area contributed by atoms with Crippen LogP contribution in [0.3, 0.4) is 0 Å². The quantitative estimate of drug-likeness (QED) is 0.573. The summed E-state index contributed by atoms with van der Waals surface area (Å²) >= 11 is 0. The van der Waals surface area contributed by atoms with E-state index in [0.717, 1.165) is 26.1 Å². The molecule has 0 saturated carbocycles. The lowest BCUT2D eigenvalue weighted by molar-refractivity contribution is -0.130. The average Bonchev–Trinajstić information content (AvgIpc) is 3.43. The molecule has 0 bridgehead atoms. The van der Waals surface area contributed by atoms with E-state index in [2.05, 4.69) is 15.6 Å². The maximum atomic E-state index is 13.8. The summed E-state index contributed by atoms with van der Waals surface area (Å²) in [5.74, 6) is -0.686. The van der Waals surface area contributed by atoms with Crippen LogP contribution in [0.2, 0.25) is 0 Å². The van der Waals surface area contributed by atoms with Crippen molar-refractivity contribution in [3.63, 3.8) is 0 Å². The molecule has 3 amide bonds. The molecular weight excluding hydrogens is 451 g/mol. The van der Waals surface area contributed by atoms with Gasteiger partial charge in [0.2, 0.25) is 5.91 Å². The Morgan fingerprint density at radius 1 is 1.23 bits per heavy atom. The number of aryl methyl sites for hydroxylation is 1. The molecule has 9 heteroatoms. The largest absolute Gasteiger partial charge is 0.381 e. The van der Waals surface area contributed by atoms with Gasteiger partial charge in [-0.25, -0.2) is 4.39 Å². The molecule has 184 valence electrons. The van der Waals surface area contributed by atoms with Gasteiger partial charge >= 0.3 is 0 Å². The molecule has 8 nitrogen and oxygen atoms in total. The summed E-state index contributed by atoms with van der Waals surface area (Å²) in [6.07, 6.45) is 4.12. The van der Waals surface area contributed by atoms with Gasteiger partial charge in [-0.1, -0.05) is 0 Å². The van der Waals surface area contributed by atoms with E-state index in [9.17, 15) is 18.8 Å². The fraction of sp³-hybridized carbons (Fsp3) is 0.423. The number of anilines is 1. The first-order chi connectivity index (χ1) is 16.8. The third-order valence-corrected chi connectivity index (χ3v) is 7.18. The van der Waals surface area contributed by atoms with Gasteiger partial charge in [-0.2, -0.15) is 0 Å². The van der Waals surface area contributed by atoms with E-state index in [1.54, 1.807) is 19.9 Å². The van der Waals surface area contributed by atoms with Crippen LogP contribution in [-0.2, 0) is 14.3 Å². The minimum atomic E-state index is -0.548. The maximum Gasteiger partial charge on any atom is 0.256 e. The predicted molar refractivity (Wildman–Crippen MR) is 129 cm³/mol. The first kappa shape index (κ1) is 23.3. The van der Waals surface area contributed by atoms with Crippen LogP contribution in [0.4, 0.5) is 10.1 Å². The normalized spacial score (nSPS) is 21.5. The molecule has 5 rings (SSSR count). The van der Waals surface area contributed by atoms with Gasteiger partial charge in [-0.15, -0.1) is 0 Å².